The summed E-state index contributed by atoms with van der Waals surface area (Å²) in [7, 11) is -3.10. The SMILES string of the molecule is Cc1cc(NC(=O)NCCN2CCN(S(C)(=O)=O)CC2)no1. The Kier molecular flexibility index (Phi) is 5.37. The van der Waals surface area contributed by atoms with Crippen LogP contribution >= 0.6 is 0 Å². The lowest BCUT2D eigenvalue weighted by atomic mass is 10.3. The number of aryl methyl sites for hydroxylation is 1. The minimum Gasteiger partial charge on any atom is -0.360 e. The Morgan fingerprint density at radius 1 is 1.36 bits per heavy atom. The molecule has 1 aromatic rings. The standard InChI is InChI=1S/C12H21N5O4S/c1-10-9-11(15-21-10)14-12(18)13-3-4-16-5-7-17(8-6-16)22(2,19)20/h9H,3-8H2,1-2H3,(H2,13,14,15,18). The number of carbonyl (C=O) groups is 1. The van der Waals surface area contributed by atoms with Crippen molar-refractivity contribution in [2.24, 2.45) is 0 Å². The number of piperazine rings is 1. The number of aromatic nitrogens is 1. The molecular weight excluding hydrogens is 310 g/mol. The van der Waals surface area contributed by atoms with E-state index in [1.54, 1.807) is 13.0 Å². The zero-order valence-corrected chi connectivity index (χ0v) is 13.5. The zero-order valence-electron chi connectivity index (χ0n) is 12.7. The Hall–Kier alpha value is -1.65. The van der Waals surface area contributed by atoms with E-state index in [9.17, 15) is 13.2 Å². The Bertz CT molecular complexity index is 607. The van der Waals surface area contributed by atoms with E-state index in [0.717, 1.165) is 0 Å². The van der Waals surface area contributed by atoms with Gasteiger partial charge >= 0.3 is 6.03 Å². The molecular formula is C12H21N5O4S. The second kappa shape index (κ2) is 7.07. The lowest BCUT2D eigenvalue weighted by Crippen LogP contribution is -2.50. The van der Waals surface area contributed by atoms with Gasteiger partial charge in [0.15, 0.2) is 5.82 Å². The number of urea groups is 1. The van der Waals surface area contributed by atoms with Gasteiger partial charge in [-0.2, -0.15) is 4.31 Å². The molecule has 1 aliphatic heterocycles. The summed E-state index contributed by atoms with van der Waals surface area (Å²) in [5.41, 5.74) is 0. The lowest BCUT2D eigenvalue weighted by molar-refractivity contribution is 0.189. The average Bonchev–Trinajstić information content (AvgIpc) is 2.83. The first kappa shape index (κ1) is 16.7. The highest BCUT2D eigenvalue weighted by Gasteiger charge is 2.22. The minimum absolute atomic E-state index is 0.344. The molecule has 1 aromatic heterocycles. The van der Waals surface area contributed by atoms with Gasteiger partial charge in [0.1, 0.15) is 5.76 Å². The number of hydrogen-bond acceptors (Lipinski definition) is 6. The molecule has 9 nitrogen and oxygen atoms in total. The smallest absolute Gasteiger partial charge is 0.320 e. The van der Waals surface area contributed by atoms with Gasteiger partial charge in [0.05, 0.1) is 6.26 Å². The van der Waals surface area contributed by atoms with Crippen molar-refractivity contribution in [2.75, 3.05) is 50.8 Å². The third kappa shape index (κ3) is 4.97. The first-order valence-corrected chi connectivity index (χ1v) is 8.85. The third-order valence-corrected chi connectivity index (χ3v) is 4.69. The van der Waals surface area contributed by atoms with Crippen LogP contribution in [0.1, 0.15) is 5.76 Å². The van der Waals surface area contributed by atoms with E-state index in [2.05, 4.69) is 20.7 Å². The highest BCUT2D eigenvalue weighted by atomic mass is 32.2. The number of carbonyl (C=O) groups excluding carboxylic acids is 1. The van der Waals surface area contributed by atoms with Crippen LogP contribution < -0.4 is 10.6 Å². The van der Waals surface area contributed by atoms with E-state index in [-0.39, 0.29) is 6.03 Å². The van der Waals surface area contributed by atoms with Gasteiger partial charge in [-0.3, -0.25) is 10.2 Å². The molecule has 0 saturated carbocycles. The van der Waals surface area contributed by atoms with Gasteiger partial charge in [-0.15, -0.1) is 0 Å². The van der Waals surface area contributed by atoms with E-state index < -0.39 is 10.0 Å². The summed E-state index contributed by atoms with van der Waals surface area (Å²) in [6, 6.07) is 1.28. The maximum absolute atomic E-state index is 11.6. The van der Waals surface area contributed by atoms with Crippen molar-refractivity contribution in [1.29, 1.82) is 0 Å². The van der Waals surface area contributed by atoms with Crippen LogP contribution in [0.25, 0.3) is 0 Å². The van der Waals surface area contributed by atoms with Crippen molar-refractivity contribution in [3.63, 3.8) is 0 Å². The number of anilines is 1. The highest BCUT2D eigenvalue weighted by molar-refractivity contribution is 7.88. The molecule has 0 bridgehead atoms. The second-order valence-corrected chi connectivity index (χ2v) is 7.19. The maximum Gasteiger partial charge on any atom is 0.320 e. The molecule has 10 heteroatoms. The normalized spacial score (nSPS) is 17.4. The molecule has 0 spiro atoms. The molecule has 1 aliphatic rings. The van der Waals surface area contributed by atoms with E-state index in [1.165, 1.54) is 10.6 Å². The van der Waals surface area contributed by atoms with E-state index >= 15 is 0 Å². The number of nitrogens with one attached hydrogen (secondary N) is 2. The molecule has 1 saturated heterocycles. The van der Waals surface area contributed by atoms with Crippen molar-refractivity contribution in [3.8, 4) is 0 Å². The number of rotatable bonds is 5. The van der Waals surface area contributed by atoms with Crippen LogP contribution in [-0.4, -0.2) is 74.3 Å². The molecule has 124 valence electrons. The molecule has 22 heavy (non-hydrogen) atoms. The van der Waals surface area contributed by atoms with Crippen molar-refractivity contribution in [3.05, 3.63) is 11.8 Å². The van der Waals surface area contributed by atoms with Crippen LogP contribution in [0.4, 0.5) is 10.6 Å². The fraction of sp³-hybridized carbons (Fsp3) is 0.667. The van der Waals surface area contributed by atoms with Gasteiger partial charge in [-0.25, -0.2) is 13.2 Å². The Morgan fingerprint density at radius 2 is 2.05 bits per heavy atom. The van der Waals surface area contributed by atoms with Gasteiger partial charge in [0, 0.05) is 45.3 Å². The first-order valence-electron chi connectivity index (χ1n) is 7.00. The van der Waals surface area contributed by atoms with Crippen LogP contribution in [0, 0.1) is 6.92 Å². The lowest BCUT2D eigenvalue weighted by Gasteiger charge is -2.33. The van der Waals surface area contributed by atoms with Crippen LogP contribution in [0.5, 0.6) is 0 Å². The summed E-state index contributed by atoms with van der Waals surface area (Å²) >= 11 is 0. The van der Waals surface area contributed by atoms with Crippen molar-refractivity contribution in [2.45, 2.75) is 6.92 Å². The summed E-state index contributed by atoms with van der Waals surface area (Å²) in [6.45, 7) is 5.20. The van der Waals surface area contributed by atoms with Crippen LogP contribution in [-0.2, 0) is 10.0 Å². The molecule has 0 aromatic carbocycles. The fourth-order valence-electron chi connectivity index (χ4n) is 2.20. The predicted octanol–water partition coefficient (Wildman–Crippen LogP) is -0.318. The molecule has 0 unspecified atom stereocenters. The van der Waals surface area contributed by atoms with E-state index in [1.807, 2.05) is 0 Å². The number of hydrogen-bond donors (Lipinski definition) is 2. The number of nitrogens with zero attached hydrogens (tertiary/aromatic N) is 3. The van der Waals surface area contributed by atoms with Crippen molar-refractivity contribution >= 4 is 21.9 Å². The van der Waals surface area contributed by atoms with E-state index in [0.29, 0.717) is 50.8 Å². The summed E-state index contributed by atoms with van der Waals surface area (Å²) in [4.78, 5) is 13.8. The summed E-state index contributed by atoms with van der Waals surface area (Å²) < 4.78 is 29.1. The van der Waals surface area contributed by atoms with Gasteiger partial charge in [0.2, 0.25) is 10.0 Å². The average molecular weight is 331 g/mol. The van der Waals surface area contributed by atoms with Gasteiger partial charge < -0.3 is 9.84 Å². The van der Waals surface area contributed by atoms with Gasteiger partial charge in [-0.05, 0) is 6.92 Å². The number of sulfonamides is 1. The summed E-state index contributed by atoms with van der Waals surface area (Å²) in [6.07, 6.45) is 1.22. The Morgan fingerprint density at radius 3 is 2.59 bits per heavy atom. The monoisotopic (exact) mass is 331 g/mol. The van der Waals surface area contributed by atoms with Crippen molar-refractivity contribution < 1.29 is 17.7 Å². The molecule has 2 amide bonds. The summed E-state index contributed by atoms with van der Waals surface area (Å²) in [5, 5.41) is 8.96. The second-order valence-electron chi connectivity index (χ2n) is 5.21. The molecule has 0 aliphatic carbocycles. The topological polar surface area (TPSA) is 108 Å². The highest BCUT2D eigenvalue weighted by Crippen LogP contribution is 2.07. The molecule has 2 N–H and O–H groups in total. The molecule has 0 atom stereocenters. The molecule has 2 rings (SSSR count). The van der Waals surface area contributed by atoms with Gasteiger partial charge in [-0.1, -0.05) is 5.16 Å². The van der Waals surface area contributed by atoms with Crippen LogP contribution in [0.15, 0.2) is 10.6 Å². The molecule has 0 radical (unpaired) electrons. The fourth-order valence-corrected chi connectivity index (χ4v) is 3.02. The third-order valence-electron chi connectivity index (χ3n) is 3.38. The van der Waals surface area contributed by atoms with Crippen molar-refractivity contribution in [1.82, 2.24) is 19.7 Å². The number of amides is 2. The Labute approximate surface area is 129 Å². The van der Waals surface area contributed by atoms with Crippen LogP contribution in [0.3, 0.4) is 0 Å². The maximum atomic E-state index is 11.6. The summed E-state index contributed by atoms with van der Waals surface area (Å²) in [5.74, 6) is 0.996. The molecule has 2 heterocycles. The van der Waals surface area contributed by atoms with Gasteiger partial charge in [0.25, 0.3) is 0 Å². The largest absolute Gasteiger partial charge is 0.360 e. The Balaban J connectivity index is 1.64. The minimum atomic E-state index is -3.10. The quantitative estimate of drug-likeness (QED) is 0.766. The van der Waals surface area contributed by atoms with Crippen LogP contribution in [0.2, 0.25) is 0 Å². The predicted molar refractivity (Wildman–Crippen MR) is 81.1 cm³/mol. The zero-order chi connectivity index (χ0) is 16.2. The van der Waals surface area contributed by atoms with E-state index in [4.69, 9.17) is 4.52 Å². The first-order chi connectivity index (χ1) is 10.3. The molecule has 1 fully saturated rings.